The number of carboxylic acid groups (broad SMARTS) is 1. The second kappa shape index (κ2) is 6.86. The zero-order chi connectivity index (χ0) is 13.7. The Morgan fingerprint density at radius 1 is 1.63 bits per heavy atom. The molecule has 0 amide bonds. The van der Waals surface area contributed by atoms with Gasteiger partial charge in [0.25, 0.3) is 0 Å². The number of aromatic nitrogens is 1. The smallest absolute Gasteiger partial charge is 0.317 e. The summed E-state index contributed by atoms with van der Waals surface area (Å²) in [4.78, 5) is 16.9. The van der Waals surface area contributed by atoms with Crippen LogP contribution in [0.2, 0.25) is 0 Å². The van der Waals surface area contributed by atoms with Gasteiger partial charge >= 0.3 is 5.97 Å². The third-order valence-corrected chi connectivity index (χ3v) is 3.93. The highest BCUT2D eigenvalue weighted by Gasteiger charge is 2.21. The fourth-order valence-electron chi connectivity index (χ4n) is 2.46. The van der Waals surface area contributed by atoms with E-state index in [4.69, 9.17) is 5.11 Å². The van der Waals surface area contributed by atoms with E-state index in [0.29, 0.717) is 5.92 Å². The summed E-state index contributed by atoms with van der Waals surface area (Å²) in [5, 5.41) is 11.6. The molecule has 6 heteroatoms. The number of carboxylic acids is 1. The number of carbonyl (C=O) groups is 1. The predicted molar refractivity (Wildman–Crippen MR) is 77.4 cm³/mol. The standard InChI is InChI=1S/C13H18BrN3O2/c14-11-7-15-4-3-12(11)17-5-1-2-10(9-17)6-16-8-13(18)19/h3-4,7,10,16H,1-2,5-6,8-9H2,(H,18,19). The van der Waals surface area contributed by atoms with Crippen molar-refractivity contribution in [2.45, 2.75) is 12.8 Å². The number of hydrogen-bond donors (Lipinski definition) is 2. The molecule has 0 bridgehead atoms. The van der Waals surface area contributed by atoms with Gasteiger partial charge < -0.3 is 15.3 Å². The topological polar surface area (TPSA) is 65.5 Å². The summed E-state index contributed by atoms with van der Waals surface area (Å²) in [6.45, 7) is 2.79. The third kappa shape index (κ3) is 4.18. The van der Waals surface area contributed by atoms with Crippen molar-refractivity contribution in [3.05, 3.63) is 22.9 Å². The van der Waals surface area contributed by atoms with E-state index in [1.807, 2.05) is 12.3 Å². The van der Waals surface area contributed by atoms with Crippen molar-refractivity contribution >= 4 is 27.6 Å². The predicted octanol–water partition coefficient (Wildman–Crippen LogP) is 1.73. The number of nitrogens with one attached hydrogen (secondary N) is 1. The number of nitrogens with zero attached hydrogens (tertiary/aromatic N) is 2. The van der Waals surface area contributed by atoms with Crippen LogP contribution in [-0.4, -0.2) is 42.2 Å². The van der Waals surface area contributed by atoms with E-state index >= 15 is 0 Å². The Balaban J connectivity index is 1.90. The molecule has 2 rings (SSSR count). The Morgan fingerprint density at radius 3 is 3.21 bits per heavy atom. The average Bonchev–Trinajstić information content (AvgIpc) is 2.39. The summed E-state index contributed by atoms with van der Waals surface area (Å²) < 4.78 is 1.01. The quantitative estimate of drug-likeness (QED) is 0.862. The van der Waals surface area contributed by atoms with Crippen LogP contribution in [0.4, 0.5) is 5.69 Å². The first-order chi connectivity index (χ1) is 9.16. The van der Waals surface area contributed by atoms with Gasteiger partial charge in [0.1, 0.15) is 0 Å². The molecule has 1 atom stereocenters. The van der Waals surface area contributed by atoms with Crippen LogP contribution in [0.5, 0.6) is 0 Å². The van der Waals surface area contributed by atoms with E-state index in [1.54, 1.807) is 6.20 Å². The molecule has 1 unspecified atom stereocenters. The highest BCUT2D eigenvalue weighted by molar-refractivity contribution is 9.10. The van der Waals surface area contributed by atoms with Gasteiger partial charge in [-0.25, -0.2) is 0 Å². The van der Waals surface area contributed by atoms with Crippen LogP contribution in [-0.2, 0) is 4.79 Å². The number of pyridine rings is 1. The van der Waals surface area contributed by atoms with Crippen molar-refractivity contribution in [2.75, 3.05) is 31.1 Å². The van der Waals surface area contributed by atoms with Crippen LogP contribution in [0.25, 0.3) is 0 Å². The lowest BCUT2D eigenvalue weighted by atomic mass is 9.97. The lowest BCUT2D eigenvalue weighted by Crippen LogP contribution is -2.40. The number of aliphatic carboxylic acids is 1. The van der Waals surface area contributed by atoms with Gasteiger partial charge in [0.05, 0.1) is 16.7 Å². The van der Waals surface area contributed by atoms with Crippen molar-refractivity contribution < 1.29 is 9.90 Å². The van der Waals surface area contributed by atoms with Gasteiger partial charge in [-0.2, -0.15) is 0 Å². The zero-order valence-electron chi connectivity index (χ0n) is 10.7. The highest BCUT2D eigenvalue weighted by Crippen LogP contribution is 2.28. The van der Waals surface area contributed by atoms with Crippen LogP contribution in [0.15, 0.2) is 22.9 Å². The van der Waals surface area contributed by atoms with Crippen LogP contribution in [0.3, 0.4) is 0 Å². The Kier molecular flexibility index (Phi) is 5.15. The molecule has 1 aliphatic rings. The maximum atomic E-state index is 10.5. The minimum absolute atomic E-state index is 0.0372. The Morgan fingerprint density at radius 2 is 2.47 bits per heavy atom. The van der Waals surface area contributed by atoms with Crippen LogP contribution < -0.4 is 10.2 Å². The minimum Gasteiger partial charge on any atom is -0.480 e. The van der Waals surface area contributed by atoms with Gasteiger partial charge in [0.15, 0.2) is 0 Å². The van der Waals surface area contributed by atoms with E-state index in [2.05, 4.69) is 31.1 Å². The minimum atomic E-state index is -0.801. The third-order valence-electron chi connectivity index (χ3n) is 3.32. The molecule has 1 saturated heterocycles. The largest absolute Gasteiger partial charge is 0.480 e. The van der Waals surface area contributed by atoms with Gasteiger partial charge in [-0.05, 0) is 40.8 Å². The molecule has 0 saturated carbocycles. The van der Waals surface area contributed by atoms with Crippen molar-refractivity contribution in [3.63, 3.8) is 0 Å². The van der Waals surface area contributed by atoms with E-state index in [0.717, 1.165) is 42.6 Å². The molecule has 1 aliphatic heterocycles. The van der Waals surface area contributed by atoms with Crippen molar-refractivity contribution in [1.82, 2.24) is 10.3 Å². The second-order valence-corrected chi connectivity index (χ2v) is 5.66. The maximum Gasteiger partial charge on any atom is 0.317 e. The SMILES string of the molecule is O=C(O)CNCC1CCCN(c2ccncc2Br)C1. The van der Waals surface area contributed by atoms with E-state index in [9.17, 15) is 4.79 Å². The number of hydrogen-bond acceptors (Lipinski definition) is 4. The number of piperidine rings is 1. The molecule has 0 spiro atoms. The normalized spacial score (nSPS) is 19.4. The molecule has 5 nitrogen and oxygen atoms in total. The first-order valence-electron chi connectivity index (χ1n) is 6.44. The zero-order valence-corrected chi connectivity index (χ0v) is 12.3. The summed E-state index contributed by atoms with van der Waals surface area (Å²) in [5.74, 6) is -0.308. The molecule has 0 radical (unpaired) electrons. The van der Waals surface area contributed by atoms with Gasteiger partial charge in [0.2, 0.25) is 0 Å². The molecule has 1 fully saturated rings. The van der Waals surface area contributed by atoms with Crippen LogP contribution in [0, 0.1) is 5.92 Å². The molecule has 2 N–H and O–H groups in total. The number of rotatable bonds is 5. The monoisotopic (exact) mass is 327 g/mol. The summed E-state index contributed by atoms with van der Waals surface area (Å²) >= 11 is 3.53. The van der Waals surface area contributed by atoms with Crippen molar-refractivity contribution in [1.29, 1.82) is 0 Å². The Labute approximate surface area is 121 Å². The fourth-order valence-corrected chi connectivity index (χ4v) is 2.96. The molecule has 2 heterocycles. The molecular weight excluding hydrogens is 310 g/mol. The fraction of sp³-hybridized carbons (Fsp3) is 0.538. The van der Waals surface area contributed by atoms with Crippen molar-refractivity contribution in [2.24, 2.45) is 5.92 Å². The molecule has 1 aromatic heterocycles. The van der Waals surface area contributed by atoms with Gasteiger partial charge in [0, 0.05) is 32.0 Å². The molecule has 0 aromatic carbocycles. The van der Waals surface area contributed by atoms with Gasteiger partial charge in [-0.15, -0.1) is 0 Å². The van der Waals surface area contributed by atoms with E-state index in [-0.39, 0.29) is 6.54 Å². The summed E-state index contributed by atoms with van der Waals surface area (Å²) in [5.41, 5.74) is 1.16. The van der Waals surface area contributed by atoms with E-state index < -0.39 is 5.97 Å². The summed E-state index contributed by atoms with van der Waals surface area (Å²) in [7, 11) is 0. The summed E-state index contributed by atoms with van der Waals surface area (Å²) in [6, 6.07) is 2.01. The Bertz CT molecular complexity index is 442. The molecule has 104 valence electrons. The number of anilines is 1. The first-order valence-corrected chi connectivity index (χ1v) is 7.23. The average molecular weight is 328 g/mol. The molecule has 0 aliphatic carbocycles. The van der Waals surface area contributed by atoms with Crippen LogP contribution >= 0.6 is 15.9 Å². The molecular formula is C13H18BrN3O2. The lowest BCUT2D eigenvalue weighted by Gasteiger charge is -2.35. The van der Waals surface area contributed by atoms with E-state index in [1.165, 1.54) is 0 Å². The molecule has 19 heavy (non-hydrogen) atoms. The Hall–Kier alpha value is -1.14. The highest BCUT2D eigenvalue weighted by atomic mass is 79.9. The molecule has 1 aromatic rings. The maximum absolute atomic E-state index is 10.5. The van der Waals surface area contributed by atoms with Crippen LogP contribution in [0.1, 0.15) is 12.8 Å². The van der Waals surface area contributed by atoms with Gasteiger partial charge in [-0.1, -0.05) is 0 Å². The lowest BCUT2D eigenvalue weighted by molar-refractivity contribution is -0.136. The van der Waals surface area contributed by atoms with Gasteiger partial charge in [-0.3, -0.25) is 9.78 Å². The first kappa shape index (κ1) is 14.3. The second-order valence-electron chi connectivity index (χ2n) is 4.81. The number of halogens is 1. The summed E-state index contributed by atoms with van der Waals surface area (Å²) in [6.07, 6.45) is 5.88. The van der Waals surface area contributed by atoms with Crippen molar-refractivity contribution in [3.8, 4) is 0 Å².